The smallest absolute Gasteiger partial charge is 0.261 e. The van der Waals surface area contributed by atoms with E-state index in [9.17, 15) is 13.2 Å². The SMILES string of the molecule is Cc1ccc(NS(=O)(=O)c2ccc(NC(=O)/C=C/c3cccc4ccccc34)cc2)cc1C. The molecule has 4 aromatic carbocycles. The van der Waals surface area contributed by atoms with Crippen molar-refractivity contribution in [1.82, 2.24) is 0 Å². The Bertz CT molecular complexity index is 1450. The third-order valence-corrected chi connectivity index (χ3v) is 6.83. The fourth-order valence-electron chi connectivity index (χ4n) is 3.48. The van der Waals surface area contributed by atoms with Crippen LogP contribution in [-0.2, 0) is 14.8 Å². The lowest BCUT2D eigenvalue weighted by molar-refractivity contribution is -0.111. The van der Waals surface area contributed by atoms with Crippen molar-refractivity contribution in [2.75, 3.05) is 10.0 Å². The third kappa shape index (κ3) is 5.30. The highest BCUT2D eigenvalue weighted by Gasteiger charge is 2.14. The lowest BCUT2D eigenvalue weighted by atomic mass is 10.0. The van der Waals surface area contributed by atoms with E-state index in [0.717, 1.165) is 27.5 Å². The van der Waals surface area contributed by atoms with Gasteiger partial charge in [0.05, 0.1) is 4.90 Å². The van der Waals surface area contributed by atoms with Gasteiger partial charge in [0.25, 0.3) is 10.0 Å². The number of amides is 1. The molecule has 0 aliphatic carbocycles. The van der Waals surface area contributed by atoms with Gasteiger partial charge in [0.2, 0.25) is 5.91 Å². The highest BCUT2D eigenvalue weighted by atomic mass is 32.2. The molecular weight excluding hydrogens is 432 g/mol. The summed E-state index contributed by atoms with van der Waals surface area (Å²) >= 11 is 0. The van der Waals surface area contributed by atoms with Crippen molar-refractivity contribution in [2.24, 2.45) is 0 Å². The summed E-state index contributed by atoms with van der Waals surface area (Å²) in [6.07, 6.45) is 3.23. The molecule has 0 aliphatic heterocycles. The number of fused-ring (bicyclic) bond motifs is 1. The van der Waals surface area contributed by atoms with Crippen LogP contribution in [-0.4, -0.2) is 14.3 Å². The predicted octanol–water partition coefficient (Wildman–Crippen LogP) is 5.91. The number of benzene rings is 4. The Hall–Kier alpha value is -3.90. The van der Waals surface area contributed by atoms with Gasteiger partial charge in [-0.3, -0.25) is 9.52 Å². The van der Waals surface area contributed by atoms with Gasteiger partial charge in [-0.25, -0.2) is 8.42 Å². The number of aryl methyl sites for hydroxylation is 2. The van der Waals surface area contributed by atoms with Gasteiger partial charge in [-0.15, -0.1) is 0 Å². The molecule has 0 unspecified atom stereocenters. The first-order chi connectivity index (χ1) is 15.8. The van der Waals surface area contributed by atoms with Crippen LogP contribution in [0.5, 0.6) is 0 Å². The Morgan fingerprint density at radius 2 is 1.48 bits per heavy atom. The fraction of sp³-hybridized carbons (Fsp3) is 0.0741. The molecule has 2 N–H and O–H groups in total. The summed E-state index contributed by atoms with van der Waals surface area (Å²) < 4.78 is 28.0. The Kier molecular flexibility index (Phi) is 6.29. The maximum Gasteiger partial charge on any atom is 0.261 e. The Morgan fingerprint density at radius 3 is 2.24 bits per heavy atom. The van der Waals surface area contributed by atoms with E-state index in [1.807, 2.05) is 62.4 Å². The zero-order valence-electron chi connectivity index (χ0n) is 18.4. The highest BCUT2D eigenvalue weighted by Crippen LogP contribution is 2.21. The maximum absolute atomic E-state index is 12.7. The number of sulfonamides is 1. The molecule has 33 heavy (non-hydrogen) atoms. The minimum atomic E-state index is -3.73. The molecule has 0 aliphatic rings. The van der Waals surface area contributed by atoms with Crippen molar-refractivity contribution in [3.63, 3.8) is 0 Å². The molecule has 4 aromatic rings. The summed E-state index contributed by atoms with van der Waals surface area (Å²) in [4.78, 5) is 12.5. The predicted molar refractivity (Wildman–Crippen MR) is 135 cm³/mol. The van der Waals surface area contributed by atoms with Gasteiger partial charge in [-0.05, 0) is 83.8 Å². The number of carbonyl (C=O) groups is 1. The first-order valence-electron chi connectivity index (χ1n) is 10.5. The second-order valence-corrected chi connectivity index (χ2v) is 9.50. The van der Waals surface area contributed by atoms with Crippen LogP contribution in [0.1, 0.15) is 16.7 Å². The van der Waals surface area contributed by atoms with Gasteiger partial charge in [-0.2, -0.15) is 0 Å². The molecule has 0 radical (unpaired) electrons. The van der Waals surface area contributed by atoms with Crippen LogP contribution in [0.4, 0.5) is 11.4 Å². The van der Waals surface area contributed by atoms with E-state index < -0.39 is 10.0 Å². The molecule has 1 amide bonds. The number of rotatable bonds is 6. The van der Waals surface area contributed by atoms with Gasteiger partial charge in [-0.1, -0.05) is 48.5 Å². The highest BCUT2D eigenvalue weighted by molar-refractivity contribution is 7.92. The second-order valence-electron chi connectivity index (χ2n) is 7.82. The first-order valence-corrected chi connectivity index (χ1v) is 12.0. The van der Waals surface area contributed by atoms with Crippen LogP contribution in [0.15, 0.2) is 95.9 Å². The minimum absolute atomic E-state index is 0.116. The molecule has 166 valence electrons. The van der Waals surface area contributed by atoms with Crippen molar-refractivity contribution in [1.29, 1.82) is 0 Å². The fourth-order valence-corrected chi connectivity index (χ4v) is 4.53. The summed E-state index contributed by atoms with van der Waals surface area (Å²) in [5.41, 5.74) is 4.06. The average Bonchev–Trinajstić information content (AvgIpc) is 2.80. The number of carbonyl (C=O) groups excluding carboxylic acids is 1. The van der Waals surface area contributed by atoms with E-state index in [4.69, 9.17) is 0 Å². The van der Waals surface area contributed by atoms with E-state index in [1.54, 1.807) is 30.3 Å². The minimum Gasteiger partial charge on any atom is -0.323 e. The van der Waals surface area contributed by atoms with Gasteiger partial charge in [0.1, 0.15) is 0 Å². The molecule has 0 saturated carbocycles. The van der Waals surface area contributed by atoms with E-state index in [1.165, 1.54) is 18.2 Å². The summed E-state index contributed by atoms with van der Waals surface area (Å²) in [7, 11) is -3.73. The summed E-state index contributed by atoms with van der Waals surface area (Å²) in [6, 6.07) is 25.4. The molecule has 0 saturated heterocycles. The normalized spacial score (nSPS) is 11.6. The molecule has 0 fully saturated rings. The molecule has 0 atom stereocenters. The molecule has 6 heteroatoms. The van der Waals surface area contributed by atoms with Crippen LogP contribution in [0.25, 0.3) is 16.8 Å². The quantitative estimate of drug-likeness (QED) is 0.354. The van der Waals surface area contributed by atoms with Crippen LogP contribution < -0.4 is 10.0 Å². The van der Waals surface area contributed by atoms with E-state index in [0.29, 0.717) is 11.4 Å². The van der Waals surface area contributed by atoms with Crippen molar-refractivity contribution in [2.45, 2.75) is 18.7 Å². The Balaban J connectivity index is 1.44. The van der Waals surface area contributed by atoms with Crippen molar-refractivity contribution in [3.05, 3.63) is 108 Å². The molecule has 0 spiro atoms. The first kappa shape index (κ1) is 22.3. The van der Waals surface area contributed by atoms with Gasteiger partial charge < -0.3 is 5.32 Å². The monoisotopic (exact) mass is 456 g/mol. The maximum atomic E-state index is 12.7. The summed E-state index contributed by atoms with van der Waals surface area (Å²) in [6.45, 7) is 3.90. The third-order valence-electron chi connectivity index (χ3n) is 5.43. The van der Waals surface area contributed by atoms with Crippen molar-refractivity contribution < 1.29 is 13.2 Å². The lowest BCUT2D eigenvalue weighted by Crippen LogP contribution is -2.13. The standard InChI is InChI=1S/C27H24N2O3S/c1-19-10-12-24(18-20(19)2)29-33(31,32)25-15-13-23(14-16-25)28-27(30)17-11-22-8-5-7-21-6-3-4-9-26(21)22/h3-18,29H,1-2H3,(H,28,30)/b17-11+. The van der Waals surface area contributed by atoms with E-state index >= 15 is 0 Å². The number of nitrogens with one attached hydrogen (secondary N) is 2. The van der Waals surface area contributed by atoms with Crippen LogP contribution >= 0.6 is 0 Å². The summed E-state index contributed by atoms with van der Waals surface area (Å²) in [5, 5.41) is 4.93. The van der Waals surface area contributed by atoms with Crippen LogP contribution in [0.3, 0.4) is 0 Å². The van der Waals surface area contributed by atoms with Gasteiger partial charge >= 0.3 is 0 Å². The zero-order chi connectivity index (χ0) is 23.4. The number of hydrogen-bond donors (Lipinski definition) is 2. The topological polar surface area (TPSA) is 75.3 Å². The van der Waals surface area contributed by atoms with Gasteiger partial charge in [0.15, 0.2) is 0 Å². The summed E-state index contributed by atoms with van der Waals surface area (Å²) in [5.74, 6) is -0.299. The van der Waals surface area contributed by atoms with Crippen molar-refractivity contribution in [3.8, 4) is 0 Å². The Morgan fingerprint density at radius 1 is 0.788 bits per heavy atom. The molecule has 5 nitrogen and oxygen atoms in total. The van der Waals surface area contributed by atoms with E-state index in [-0.39, 0.29) is 10.8 Å². The number of anilines is 2. The lowest BCUT2D eigenvalue weighted by Gasteiger charge is -2.10. The molecule has 0 heterocycles. The molecular formula is C27H24N2O3S. The average molecular weight is 457 g/mol. The van der Waals surface area contributed by atoms with Gasteiger partial charge in [0, 0.05) is 17.5 Å². The zero-order valence-corrected chi connectivity index (χ0v) is 19.2. The largest absolute Gasteiger partial charge is 0.323 e. The molecule has 0 aromatic heterocycles. The van der Waals surface area contributed by atoms with Crippen LogP contribution in [0.2, 0.25) is 0 Å². The van der Waals surface area contributed by atoms with E-state index in [2.05, 4.69) is 10.0 Å². The van der Waals surface area contributed by atoms with Crippen molar-refractivity contribution >= 4 is 44.2 Å². The number of hydrogen-bond acceptors (Lipinski definition) is 3. The Labute approximate surface area is 193 Å². The second kappa shape index (κ2) is 9.30. The van der Waals surface area contributed by atoms with Crippen LogP contribution in [0, 0.1) is 13.8 Å². The molecule has 0 bridgehead atoms. The molecule has 4 rings (SSSR count).